The van der Waals surface area contributed by atoms with Crippen LogP contribution in [0.2, 0.25) is 0 Å². The van der Waals surface area contributed by atoms with Gasteiger partial charge in [-0.15, -0.1) is 0 Å². The lowest BCUT2D eigenvalue weighted by atomic mass is 10.2. The largest absolute Gasteiger partial charge is 0.452 e. The molecule has 0 spiro atoms. The number of nitrogens with zero attached hydrogens (tertiary/aromatic N) is 3. The molecule has 2 aromatic rings. The van der Waals surface area contributed by atoms with Gasteiger partial charge in [-0.3, -0.25) is 4.68 Å². The van der Waals surface area contributed by atoms with Crippen LogP contribution in [0.5, 0.6) is 0 Å². The molecule has 21 heavy (non-hydrogen) atoms. The summed E-state index contributed by atoms with van der Waals surface area (Å²) in [5, 5.41) is 8.36. The van der Waals surface area contributed by atoms with E-state index in [1.165, 1.54) is 12.7 Å². The van der Waals surface area contributed by atoms with E-state index < -0.39 is 6.09 Å². The maximum Gasteiger partial charge on any atom is 0.427 e. The highest BCUT2D eigenvalue weighted by Crippen LogP contribution is 2.12. The second kappa shape index (κ2) is 6.69. The summed E-state index contributed by atoms with van der Waals surface area (Å²) in [4.78, 5) is 11.0. The standard InChI is InChI=1S/C15H18N4O2/c1-11-14(9-16-17-15(20)21-3)12(2)19(18-11)10-13-7-5-4-6-8-13/h4-9H,10H2,1-3H3,(H,17,20)/b16-9+. The lowest BCUT2D eigenvalue weighted by Crippen LogP contribution is -2.16. The number of hydrogen-bond donors (Lipinski definition) is 1. The van der Waals surface area contributed by atoms with Crippen LogP contribution in [-0.2, 0) is 11.3 Å². The fourth-order valence-electron chi connectivity index (χ4n) is 2.00. The molecule has 0 radical (unpaired) electrons. The fourth-order valence-corrected chi connectivity index (χ4v) is 2.00. The van der Waals surface area contributed by atoms with E-state index in [9.17, 15) is 4.79 Å². The van der Waals surface area contributed by atoms with Crippen LogP contribution in [0.4, 0.5) is 4.79 Å². The van der Waals surface area contributed by atoms with Crippen LogP contribution < -0.4 is 5.43 Å². The average Bonchev–Trinajstić information content (AvgIpc) is 2.75. The molecule has 1 aromatic carbocycles. The third-order valence-electron chi connectivity index (χ3n) is 3.15. The van der Waals surface area contributed by atoms with Crippen molar-refractivity contribution in [2.75, 3.05) is 7.11 Å². The van der Waals surface area contributed by atoms with E-state index in [2.05, 4.69) is 32.5 Å². The summed E-state index contributed by atoms with van der Waals surface area (Å²) in [5.74, 6) is 0. The maximum atomic E-state index is 11.0. The van der Waals surface area contributed by atoms with Crippen molar-refractivity contribution in [1.82, 2.24) is 15.2 Å². The highest BCUT2D eigenvalue weighted by molar-refractivity contribution is 5.83. The first-order valence-electron chi connectivity index (χ1n) is 6.56. The van der Waals surface area contributed by atoms with E-state index in [0.717, 1.165) is 17.0 Å². The van der Waals surface area contributed by atoms with Crippen LogP contribution in [0.25, 0.3) is 0 Å². The molecule has 0 aliphatic heterocycles. The number of ether oxygens (including phenoxy) is 1. The fraction of sp³-hybridized carbons (Fsp3) is 0.267. The van der Waals surface area contributed by atoms with E-state index in [4.69, 9.17) is 0 Å². The number of hydrazone groups is 1. The Morgan fingerprint density at radius 1 is 1.38 bits per heavy atom. The molecule has 0 fully saturated rings. The van der Waals surface area contributed by atoms with Gasteiger partial charge in [0.25, 0.3) is 0 Å². The van der Waals surface area contributed by atoms with Gasteiger partial charge in [-0.05, 0) is 19.4 Å². The summed E-state index contributed by atoms with van der Waals surface area (Å²) < 4.78 is 6.37. The zero-order chi connectivity index (χ0) is 15.2. The Hall–Kier alpha value is -2.63. The third-order valence-corrected chi connectivity index (χ3v) is 3.15. The van der Waals surface area contributed by atoms with Crippen molar-refractivity contribution >= 4 is 12.3 Å². The van der Waals surface area contributed by atoms with Crippen LogP contribution >= 0.6 is 0 Å². The molecular weight excluding hydrogens is 268 g/mol. The maximum absolute atomic E-state index is 11.0. The average molecular weight is 286 g/mol. The number of rotatable bonds is 4. The topological polar surface area (TPSA) is 68.5 Å². The van der Waals surface area contributed by atoms with Gasteiger partial charge in [0.05, 0.1) is 25.6 Å². The molecule has 0 aliphatic rings. The van der Waals surface area contributed by atoms with Gasteiger partial charge >= 0.3 is 6.09 Å². The Kier molecular flexibility index (Phi) is 4.71. The third kappa shape index (κ3) is 3.68. The predicted molar refractivity (Wildman–Crippen MR) is 80.4 cm³/mol. The first kappa shape index (κ1) is 14.8. The first-order valence-corrected chi connectivity index (χ1v) is 6.56. The summed E-state index contributed by atoms with van der Waals surface area (Å²) in [6.45, 7) is 4.59. The van der Waals surface area contributed by atoms with Crippen molar-refractivity contribution < 1.29 is 9.53 Å². The molecule has 0 bridgehead atoms. The van der Waals surface area contributed by atoms with Crippen molar-refractivity contribution in [3.8, 4) is 0 Å². The Balaban J connectivity index is 2.16. The molecule has 0 saturated heterocycles. The van der Waals surface area contributed by atoms with Gasteiger partial charge in [0.2, 0.25) is 0 Å². The molecule has 2 rings (SSSR count). The van der Waals surface area contributed by atoms with Gasteiger partial charge in [-0.25, -0.2) is 10.2 Å². The Morgan fingerprint density at radius 2 is 2.10 bits per heavy atom. The zero-order valence-corrected chi connectivity index (χ0v) is 12.3. The molecule has 6 nitrogen and oxygen atoms in total. The van der Waals surface area contributed by atoms with Crippen LogP contribution in [-0.4, -0.2) is 29.2 Å². The molecule has 0 saturated carbocycles. The summed E-state index contributed by atoms with van der Waals surface area (Å²) in [7, 11) is 1.29. The zero-order valence-electron chi connectivity index (χ0n) is 12.3. The minimum Gasteiger partial charge on any atom is -0.452 e. The predicted octanol–water partition coefficient (Wildman–Crippen LogP) is 2.24. The van der Waals surface area contributed by atoms with E-state index in [1.54, 1.807) is 6.21 Å². The van der Waals surface area contributed by atoms with Crippen molar-refractivity contribution in [2.45, 2.75) is 20.4 Å². The molecule has 0 unspecified atom stereocenters. The highest BCUT2D eigenvalue weighted by atomic mass is 16.5. The van der Waals surface area contributed by atoms with Crippen LogP contribution in [0.3, 0.4) is 0 Å². The molecule has 0 atom stereocenters. The number of benzene rings is 1. The molecule has 1 amide bonds. The van der Waals surface area contributed by atoms with Crippen LogP contribution in [0.15, 0.2) is 35.4 Å². The normalized spacial score (nSPS) is 10.8. The molecular formula is C15H18N4O2. The van der Waals surface area contributed by atoms with Crippen LogP contribution in [0.1, 0.15) is 22.5 Å². The van der Waals surface area contributed by atoms with Crippen molar-refractivity contribution in [2.24, 2.45) is 5.10 Å². The van der Waals surface area contributed by atoms with Gasteiger partial charge in [0, 0.05) is 11.3 Å². The molecule has 6 heteroatoms. The Labute approximate surface area is 123 Å². The van der Waals surface area contributed by atoms with Crippen molar-refractivity contribution in [3.63, 3.8) is 0 Å². The number of amides is 1. The molecule has 1 aromatic heterocycles. The van der Waals surface area contributed by atoms with E-state index in [-0.39, 0.29) is 0 Å². The van der Waals surface area contributed by atoms with Gasteiger partial charge < -0.3 is 4.74 Å². The molecule has 0 aliphatic carbocycles. The van der Waals surface area contributed by atoms with E-state index >= 15 is 0 Å². The number of carbonyl (C=O) groups excluding carboxylic acids is 1. The number of methoxy groups -OCH3 is 1. The van der Waals surface area contributed by atoms with E-state index in [1.807, 2.05) is 36.7 Å². The lowest BCUT2D eigenvalue weighted by Gasteiger charge is -2.04. The summed E-state index contributed by atoms with van der Waals surface area (Å²) >= 11 is 0. The smallest absolute Gasteiger partial charge is 0.427 e. The second-order valence-corrected chi connectivity index (χ2v) is 4.59. The van der Waals surface area contributed by atoms with Crippen LogP contribution in [0, 0.1) is 13.8 Å². The number of aromatic nitrogens is 2. The minimum atomic E-state index is -0.599. The number of aryl methyl sites for hydroxylation is 1. The monoisotopic (exact) mass is 286 g/mol. The van der Waals surface area contributed by atoms with Gasteiger partial charge in [-0.1, -0.05) is 30.3 Å². The number of hydrogen-bond acceptors (Lipinski definition) is 4. The van der Waals surface area contributed by atoms with Crippen molar-refractivity contribution in [1.29, 1.82) is 0 Å². The van der Waals surface area contributed by atoms with Gasteiger partial charge in [0.15, 0.2) is 0 Å². The van der Waals surface area contributed by atoms with E-state index in [0.29, 0.717) is 6.54 Å². The summed E-state index contributed by atoms with van der Waals surface area (Å²) in [6, 6.07) is 10.1. The summed E-state index contributed by atoms with van der Waals surface area (Å²) in [5.41, 5.74) is 6.19. The highest BCUT2D eigenvalue weighted by Gasteiger charge is 2.10. The number of carbonyl (C=O) groups is 1. The Bertz CT molecular complexity index is 647. The van der Waals surface area contributed by atoms with Gasteiger partial charge in [0.1, 0.15) is 0 Å². The number of nitrogens with one attached hydrogen (secondary N) is 1. The SMILES string of the molecule is COC(=O)N/N=C/c1c(C)nn(Cc2ccccc2)c1C. The second-order valence-electron chi connectivity index (χ2n) is 4.59. The molecule has 1 heterocycles. The molecule has 1 N–H and O–H groups in total. The molecule has 110 valence electrons. The first-order chi connectivity index (χ1) is 10.1. The summed E-state index contributed by atoms with van der Waals surface area (Å²) in [6.07, 6.45) is 0.981. The lowest BCUT2D eigenvalue weighted by molar-refractivity contribution is 0.171. The Morgan fingerprint density at radius 3 is 2.76 bits per heavy atom. The van der Waals surface area contributed by atoms with Gasteiger partial charge in [-0.2, -0.15) is 10.2 Å². The van der Waals surface area contributed by atoms with Crippen molar-refractivity contribution in [3.05, 3.63) is 52.8 Å². The minimum absolute atomic E-state index is 0.599. The quantitative estimate of drug-likeness (QED) is 0.692.